The second-order valence-electron chi connectivity index (χ2n) is 4.49. The molecule has 0 spiro atoms. The van der Waals surface area contributed by atoms with E-state index in [0.29, 0.717) is 16.8 Å². The number of carboxylic acid groups (broad SMARTS) is 1. The summed E-state index contributed by atoms with van der Waals surface area (Å²) >= 11 is 0. The standard InChI is InChI=1S/C13H13FN2O2/c1-13(2,14)9-6-4-3-5-8(9)10-7-11(12(17)18)16-15-10/h3-7H,1-2H3,(H,15,16)(H,17,18). The van der Waals surface area contributed by atoms with E-state index in [0.717, 1.165) is 0 Å². The summed E-state index contributed by atoms with van der Waals surface area (Å²) in [5, 5.41) is 15.1. The normalized spacial score (nSPS) is 11.5. The third-order valence-corrected chi connectivity index (χ3v) is 2.65. The van der Waals surface area contributed by atoms with Gasteiger partial charge in [-0.25, -0.2) is 9.18 Å². The third-order valence-electron chi connectivity index (χ3n) is 2.65. The molecule has 0 amide bonds. The van der Waals surface area contributed by atoms with Crippen LogP contribution in [0.2, 0.25) is 0 Å². The van der Waals surface area contributed by atoms with Crippen molar-refractivity contribution in [2.75, 3.05) is 0 Å². The molecule has 0 atom stereocenters. The largest absolute Gasteiger partial charge is 0.477 e. The minimum absolute atomic E-state index is 0.0172. The molecule has 0 saturated carbocycles. The lowest BCUT2D eigenvalue weighted by atomic mass is 9.93. The van der Waals surface area contributed by atoms with Gasteiger partial charge in [0.2, 0.25) is 0 Å². The van der Waals surface area contributed by atoms with Crippen LogP contribution in [0.15, 0.2) is 30.3 Å². The van der Waals surface area contributed by atoms with Gasteiger partial charge in [-0.3, -0.25) is 5.10 Å². The molecular weight excluding hydrogens is 235 g/mol. The monoisotopic (exact) mass is 248 g/mol. The fourth-order valence-corrected chi connectivity index (χ4v) is 1.79. The van der Waals surface area contributed by atoms with Crippen molar-refractivity contribution < 1.29 is 14.3 Å². The predicted molar refractivity (Wildman–Crippen MR) is 65.1 cm³/mol. The van der Waals surface area contributed by atoms with Gasteiger partial charge in [0, 0.05) is 5.56 Å². The summed E-state index contributed by atoms with van der Waals surface area (Å²) in [6.45, 7) is 2.91. The van der Waals surface area contributed by atoms with Crippen LogP contribution in [0.5, 0.6) is 0 Å². The zero-order valence-electron chi connectivity index (χ0n) is 10.1. The van der Waals surface area contributed by atoms with E-state index in [-0.39, 0.29) is 5.69 Å². The van der Waals surface area contributed by atoms with E-state index >= 15 is 0 Å². The van der Waals surface area contributed by atoms with E-state index in [9.17, 15) is 9.18 Å². The molecule has 94 valence electrons. The van der Waals surface area contributed by atoms with Crippen LogP contribution in [0.4, 0.5) is 4.39 Å². The molecule has 0 aliphatic rings. The van der Waals surface area contributed by atoms with Crippen molar-refractivity contribution in [2.24, 2.45) is 0 Å². The van der Waals surface area contributed by atoms with Crippen LogP contribution in [-0.2, 0) is 5.67 Å². The third kappa shape index (κ3) is 2.25. The number of rotatable bonds is 3. The van der Waals surface area contributed by atoms with Crippen LogP contribution in [0.1, 0.15) is 29.9 Å². The number of benzene rings is 1. The highest BCUT2D eigenvalue weighted by atomic mass is 19.1. The van der Waals surface area contributed by atoms with E-state index in [1.165, 1.54) is 19.9 Å². The SMILES string of the molecule is CC(C)(F)c1ccccc1-c1cc(C(=O)O)[nH]n1. The van der Waals surface area contributed by atoms with Gasteiger partial charge in [-0.1, -0.05) is 24.3 Å². The number of nitrogens with zero attached hydrogens (tertiary/aromatic N) is 1. The maximum absolute atomic E-state index is 14.1. The molecule has 18 heavy (non-hydrogen) atoms. The molecule has 0 aliphatic heterocycles. The average molecular weight is 248 g/mol. The molecular formula is C13H13FN2O2. The first-order valence-electron chi connectivity index (χ1n) is 5.47. The Morgan fingerprint density at radius 2 is 2.06 bits per heavy atom. The van der Waals surface area contributed by atoms with Gasteiger partial charge in [0.05, 0.1) is 5.69 Å². The zero-order valence-corrected chi connectivity index (χ0v) is 10.1. The second-order valence-corrected chi connectivity index (χ2v) is 4.49. The quantitative estimate of drug-likeness (QED) is 0.877. The Hall–Kier alpha value is -2.17. The maximum Gasteiger partial charge on any atom is 0.353 e. The number of aromatic amines is 1. The topological polar surface area (TPSA) is 66.0 Å². The van der Waals surface area contributed by atoms with E-state index in [1.807, 2.05) is 0 Å². The van der Waals surface area contributed by atoms with Gasteiger partial charge in [-0.15, -0.1) is 0 Å². The first kappa shape index (κ1) is 12.3. The Bertz CT molecular complexity index is 585. The molecule has 2 rings (SSSR count). The van der Waals surface area contributed by atoms with Gasteiger partial charge in [-0.05, 0) is 25.5 Å². The number of aromatic nitrogens is 2. The number of H-pyrrole nitrogens is 1. The zero-order chi connectivity index (χ0) is 13.3. The van der Waals surface area contributed by atoms with E-state index < -0.39 is 11.6 Å². The van der Waals surface area contributed by atoms with Crippen LogP contribution in [0.3, 0.4) is 0 Å². The summed E-state index contributed by atoms with van der Waals surface area (Å²) in [5.74, 6) is -1.09. The summed E-state index contributed by atoms with van der Waals surface area (Å²) in [5.41, 5.74) is -0.0359. The molecule has 0 bridgehead atoms. The highest BCUT2D eigenvalue weighted by Gasteiger charge is 2.24. The van der Waals surface area contributed by atoms with Gasteiger partial charge in [-0.2, -0.15) is 5.10 Å². The van der Waals surface area contributed by atoms with Crippen molar-refractivity contribution in [3.8, 4) is 11.3 Å². The van der Waals surface area contributed by atoms with Crippen LogP contribution in [0, 0.1) is 0 Å². The lowest BCUT2D eigenvalue weighted by molar-refractivity contribution is 0.0690. The number of carbonyl (C=O) groups is 1. The molecule has 4 nitrogen and oxygen atoms in total. The number of hydrogen-bond acceptors (Lipinski definition) is 2. The first-order chi connectivity index (χ1) is 8.39. The molecule has 2 aromatic rings. The summed E-state index contributed by atoms with van der Waals surface area (Å²) in [4.78, 5) is 10.8. The second kappa shape index (κ2) is 4.25. The van der Waals surface area contributed by atoms with E-state index in [4.69, 9.17) is 5.11 Å². The summed E-state index contributed by atoms with van der Waals surface area (Å²) < 4.78 is 14.1. The highest BCUT2D eigenvalue weighted by Crippen LogP contribution is 2.33. The Labute approximate surface area is 103 Å². The van der Waals surface area contributed by atoms with Crippen molar-refractivity contribution in [3.63, 3.8) is 0 Å². The fourth-order valence-electron chi connectivity index (χ4n) is 1.79. The molecule has 0 saturated heterocycles. The number of aromatic carboxylic acids is 1. The Kier molecular flexibility index (Phi) is 2.90. The van der Waals surface area contributed by atoms with Crippen LogP contribution in [-0.4, -0.2) is 21.3 Å². The van der Waals surface area contributed by atoms with Crippen molar-refractivity contribution in [1.29, 1.82) is 0 Å². The van der Waals surface area contributed by atoms with Crippen molar-refractivity contribution in [3.05, 3.63) is 41.6 Å². The van der Waals surface area contributed by atoms with Crippen LogP contribution in [0.25, 0.3) is 11.3 Å². The molecule has 0 fully saturated rings. The molecule has 1 aromatic heterocycles. The summed E-state index contributed by atoms with van der Waals surface area (Å²) in [6, 6.07) is 8.29. The molecule has 0 aliphatic carbocycles. The number of hydrogen-bond donors (Lipinski definition) is 2. The number of carboxylic acids is 1. The van der Waals surface area contributed by atoms with Crippen molar-refractivity contribution in [2.45, 2.75) is 19.5 Å². The average Bonchev–Trinajstić information content (AvgIpc) is 2.77. The molecule has 0 unspecified atom stereocenters. The Balaban J connectivity index is 2.53. The van der Waals surface area contributed by atoms with E-state index in [1.54, 1.807) is 24.3 Å². The first-order valence-corrected chi connectivity index (χ1v) is 5.47. The molecule has 5 heteroatoms. The lowest BCUT2D eigenvalue weighted by Gasteiger charge is -2.17. The molecule has 2 N–H and O–H groups in total. The Morgan fingerprint density at radius 1 is 1.39 bits per heavy atom. The number of alkyl halides is 1. The predicted octanol–water partition coefficient (Wildman–Crippen LogP) is 2.98. The van der Waals surface area contributed by atoms with E-state index in [2.05, 4.69) is 10.2 Å². The van der Waals surface area contributed by atoms with Gasteiger partial charge < -0.3 is 5.11 Å². The molecule has 1 aromatic carbocycles. The number of halogens is 1. The van der Waals surface area contributed by atoms with Crippen molar-refractivity contribution >= 4 is 5.97 Å². The summed E-state index contributed by atoms with van der Waals surface area (Å²) in [7, 11) is 0. The Morgan fingerprint density at radius 3 is 2.61 bits per heavy atom. The fraction of sp³-hybridized carbons (Fsp3) is 0.231. The van der Waals surface area contributed by atoms with Gasteiger partial charge >= 0.3 is 5.97 Å². The maximum atomic E-state index is 14.1. The van der Waals surface area contributed by atoms with Gasteiger partial charge in [0.15, 0.2) is 0 Å². The smallest absolute Gasteiger partial charge is 0.353 e. The molecule has 1 heterocycles. The number of nitrogens with one attached hydrogen (secondary N) is 1. The molecule has 0 radical (unpaired) electrons. The van der Waals surface area contributed by atoms with Crippen LogP contribution < -0.4 is 0 Å². The van der Waals surface area contributed by atoms with Gasteiger partial charge in [0.1, 0.15) is 11.4 Å². The van der Waals surface area contributed by atoms with Gasteiger partial charge in [0.25, 0.3) is 0 Å². The van der Waals surface area contributed by atoms with Crippen LogP contribution >= 0.6 is 0 Å². The van der Waals surface area contributed by atoms with Crippen molar-refractivity contribution in [1.82, 2.24) is 10.2 Å². The highest BCUT2D eigenvalue weighted by molar-refractivity contribution is 5.87. The minimum Gasteiger partial charge on any atom is -0.477 e. The lowest BCUT2D eigenvalue weighted by Crippen LogP contribution is -2.10. The minimum atomic E-state index is -1.51. The summed E-state index contributed by atoms with van der Waals surface area (Å²) in [6.07, 6.45) is 0.